The zero-order chi connectivity index (χ0) is 23.7. The van der Waals surface area contributed by atoms with E-state index < -0.39 is 5.63 Å². The van der Waals surface area contributed by atoms with Gasteiger partial charge < -0.3 is 9.15 Å². The monoisotopic (exact) mass is 454 g/mol. The Balaban J connectivity index is 1.47. The molecule has 0 bridgehead atoms. The van der Waals surface area contributed by atoms with Crippen LogP contribution in [0.3, 0.4) is 0 Å². The minimum Gasteiger partial charge on any atom is -0.426 e. The van der Waals surface area contributed by atoms with Crippen LogP contribution in [0.1, 0.15) is 109 Å². The smallest absolute Gasteiger partial charge is 0.336 e. The van der Waals surface area contributed by atoms with E-state index in [1.165, 1.54) is 70.3 Å². The molecule has 0 N–H and O–H groups in total. The van der Waals surface area contributed by atoms with E-state index in [0.29, 0.717) is 17.8 Å². The van der Waals surface area contributed by atoms with E-state index in [1.807, 2.05) is 13.0 Å². The number of aryl methyl sites for hydroxylation is 1. The molecule has 0 saturated heterocycles. The fourth-order valence-corrected chi connectivity index (χ4v) is 4.07. The molecule has 0 aliphatic carbocycles. The van der Waals surface area contributed by atoms with E-state index in [4.69, 9.17) is 9.15 Å². The van der Waals surface area contributed by atoms with Crippen LogP contribution in [-0.2, 0) is 4.79 Å². The number of rotatable bonds is 17. The molecule has 0 radical (unpaired) electrons. The first-order valence-corrected chi connectivity index (χ1v) is 13.0. The van der Waals surface area contributed by atoms with Crippen molar-refractivity contribution >= 4 is 16.9 Å². The Hall–Kier alpha value is -2.36. The van der Waals surface area contributed by atoms with Gasteiger partial charge in [-0.05, 0) is 56.7 Å². The molecular weight excluding hydrogens is 412 g/mol. The molecule has 1 aromatic heterocycles. The maximum absolute atomic E-state index is 12.1. The van der Waals surface area contributed by atoms with Crippen LogP contribution < -0.4 is 10.4 Å². The summed E-state index contributed by atoms with van der Waals surface area (Å²) in [5, 5.41) is 0.849. The highest BCUT2D eigenvalue weighted by Gasteiger charge is 2.08. The van der Waals surface area contributed by atoms with Crippen molar-refractivity contribution in [2.24, 2.45) is 0 Å². The maximum atomic E-state index is 12.1. The lowest BCUT2D eigenvalue weighted by molar-refractivity contribution is -0.134. The molecule has 4 heteroatoms. The summed E-state index contributed by atoms with van der Waals surface area (Å²) in [6, 6.07) is 6.64. The second kappa shape index (κ2) is 16.3. The van der Waals surface area contributed by atoms with Crippen molar-refractivity contribution in [2.45, 2.75) is 110 Å². The molecule has 0 fully saturated rings. The van der Waals surface area contributed by atoms with Gasteiger partial charge in [-0.2, -0.15) is 0 Å². The van der Waals surface area contributed by atoms with Gasteiger partial charge in [0.05, 0.1) is 0 Å². The van der Waals surface area contributed by atoms with Crippen LogP contribution in [0.4, 0.5) is 0 Å². The zero-order valence-electron chi connectivity index (χ0n) is 20.7. The highest BCUT2D eigenvalue weighted by Crippen LogP contribution is 2.22. The van der Waals surface area contributed by atoms with Crippen LogP contribution in [0.25, 0.3) is 11.0 Å². The Morgan fingerprint density at radius 1 is 0.848 bits per heavy atom. The Morgan fingerprint density at radius 2 is 1.45 bits per heavy atom. The Kier molecular flexibility index (Phi) is 13.3. The maximum Gasteiger partial charge on any atom is 0.336 e. The number of hydrogen-bond acceptors (Lipinski definition) is 4. The summed E-state index contributed by atoms with van der Waals surface area (Å²) in [7, 11) is 0. The minimum absolute atomic E-state index is 0.238. The SMILES string of the molecule is CCCCCCCCC/C=C/CCCCCCCC(=O)Oc1ccc2c(C)cc(=O)oc2c1. The normalized spacial score (nSPS) is 11.5. The number of esters is 1. The Morgan fingerprint density at radius 3 is 2.12 bits per heavy atom. The molecule has 33 heavy (non-hydrogen) atoms. The molecule has 182 valence electrons. The molecular formula is C29H42O4. The average Bonchev–Trinajstić information content (AvgIpc) is 2.78. The molecule has 2 aromatic rings. The molecule has 0 saturated carbocycles. The molecule has 0 aliphatic rings. The van der Waals surface area contributed by atoms with Crippen molar-refractivity contribution in [3.05, 3.63) is 52.4 Å². The first-order valence-electron chi connectivity index (χ1n) is 13.0. The highest BCUT2D eigenvalue weighted by atomic mass is 16.5. The zero-order valence-corrected chi connectivity index (χ0v) is 20.7. The molecule has 0 spiro atoms. The number of ether oxygens (including phenoxy) is 1. The molecule has 1 heterocycles. The first kappa shape index (κ1) is 26.9. The second-order valence-electron chi connectivity index (χ2n) is 9.07. The van der Waals surface area contributed by atoms with Crippen LogP contribution in [0.2, 0.25) is 0 Å². The molecule has 0 aliphatic heterocycles. The molecule has 2 rings (SSSR count). The largest absolute Gasteiger partial charge is 0.426 e. The van der Waals surface area contributed by atoms with Crippen molar-refractivity contribution in [3.63, 3.8) is 0 Å². The third kappa shape index (κ3) is 11.4. The Bertz CT molecular complexity index is 909. The van der Waals surface area contributed by atoms with Crippen molar-refractivity contribution in [2.75, 3.05) is 0 Å². The minimum atomic E-state index is -0.396. The van der Waals surface area contributed by atoms with Gasteiger partial charge in [-0.3, -0.25) is 4.79 Å². The predicted octanol–water partition coefficient (Wildman–Crippen LogP) is 8.43. The topological polar surface area (TPSA) is 56.5 Å². The van der Waals surface area contributed by atoms with Crippen molar-refractivity contribution < 1.29 is 13.9 Å². The fraction of sp³-hybridized carbons (Fsp3) is 0.586. The molecule has 0 unspecified atom stereocenters. The number of unbranched alkanes of at least 4 members (excludes halogenated alkanes) is 12. The highest BCUT2D eigenvalue weighted by molar-refractivity contribution is 5.82. The number of fused-ring (bicyclic) bond motifs is 1. The van der Waals surface area contributed by atoms with E-state index in [1.54, 1.807) is 12.1 Å². The van der Waals surface area contributed by atoms with Crippen LogP contribution in [0.15, 0.2) is 45.6 Å². The summed E-state index contributed by atoms with van der Waals surface area (Å²) in [6.07, 6.45) is 22.5. The number of carbonyl (C=O) groups excluding carboxylic acids is 1. The van der Waals surface area contributed by atoms with E-state index in [2.05, 4.69) is 19.1 Å². The number of benzene rings is 1. The van der Waals surface area contributed by atoms with Gasteiger partial charge >= 0.3 is 11.6 Å². The van der Waals surface area contributed by atoms with Gasteiger partial charge in [0.15, 0.2) is 0 Å². The van der Waals surface area contributed by atoms with Crippen LogP contribution in [0.5, 0.6) is 5.75 Å². The van der Waals surface area contributed by atoms with Crippen molar-refractivity contribution in [1.82, 2.24) is 0 Å². The van der Waals surface area contributed by atoms with E-state index in [0.717, 1.165) is 36.6 Å². The van der Waals surface area contributed by atoms with Gasteiger partial charge in [0.2, 0.25) is 0 Å². The quantitative estimate of drug-likeness (QED) is 0.0791. The van der Waals surface area contributed by atoms with Gasteiger partial charge in [0.1, 0.15) is 11.3 Å². The van der Waals surface area contributed by atoms with E-state index in [9.17, 15) is 9.59 Å². The van der Waals surface area contributed by atoms with Gasteiger partial charge in [-0.1, -0.05) is 76.9 Å². The first-order chi connectivity index (χ1) is 16.1. The van der Waals surface area contributed by atoms with Gasteiger partial charge in [-0.25, -0.2) is 4.79 Å². The van der Waals surface area contributed by atoms with Crippen molar-refractivity contribution in [3.8, 4) is 5.75 Å². The lowest BCUT2D eigenvalue weighted by atomic mass is 10.1. The lowest BCUT2D eigenvalue weighted by Crippen LogP contribution is -2.07. The van der Waals surface area contributed by atoms with E-state index in [-0.39, 0.29) is 5.97 Å². The van der Waals surface area contributed by atoms with Crippen LogP contribution in [-0.4, -0.2) is 5.97 Å². The number of carbonyl (C=O) groups is 1. The summed E-state index contributed by atoms with van der Waals surface area (Å²) < 4.78 is 10.6. The van der Waals surface area contributed by atoms with Gasteiger partial charge in [0, 0.05) is 23.9 Å². The summed E-state index contributed by atoms with van der Waals surface area (Å²) in [4.78, 5) is 23.6. The molecule has 0 amide bonds. The summed E-state index contributed by atoms with van der Waals surface area (Å²) in [5.74, 6) is 0.183. The average molecular weight is 455 g/mol. The second-order valence-corrected chi connectivity index (χ2v) is 9.07. The molecule has 0 atom stereocenters. The molecule has 4 nitrogen and oxygen atoms in total. The summed E-state index contributed by atoms with van der Waals surface area (Å²) in [6.45, 7) is 4.12. The Labute approximate surface area is 199 Å². The van der Waals surface area contributed by atoms with Crippen molar-refractivity contribution in [1.29, 1.82) is 0 Å². The van der Waals surface area contributed by atoms with Gasteiger partial charge in [-0.15, -0.1) is 0 Å². The third-order valence-corrected chi connectivity index (χ3v) is 6.05. The fourth-order valence-electron chi connectivity index (χ4n) is 4.07. The van der Waals surface area contributed by atoms with Crippen LogP contribution >= 0.6 is 0 Å². The third-order valence-electron chi connectivity index (χ3n) is 6.05. The standard InChI is InChI=1S/C29H42O4/c1-3-4-5-6-7-8-9-10-11-12-13-14-15-16-17-18-19-28(30)32-25-20-21-26-24(2)22-29(31)33-27(26)23-25/h11-12,20-23H,3-10,13-19H2,1-2H3/b12-11+. The van der Waals surface area contributed by atoms with E-state index >= 15 is 0 Å². The number of allylic oxidation sites excluding steroid dienone is 2. The molecule has 1 aromatic carbocycles. The predicted molar refractivity (Wildman–Crippen MR) is 137 cm³/mol. The lowest BCUT2D eigenvalue weighted by Gasteiger charge is -2.06. The number of hydrogen-bond donors (Lipinski definition) is 0. The summed E-state index contributed by atoms with van der Waals surface area (Å²) in [5.41, 5.74) is 0.900. The van der Waals surface area contributed by atoms with Crippen LogP contribution in [0, 0.1) is 6.92 Å². The summed E-state index contributed by atoms with van der Waals surface area (Å²) >= 11 is 0. The van der Waals surface area contributed by atoms with Gasteiger partial charge in [0.25, 0.3) is 0 Å².